The van der Waals surface area contributed by atoms with E-state index < -0.39 is 109 Å². The summed E-state index contributed by atoms with van der Waals surface area (Å²) in [4.78, 5) is 102. The molecule has 0 aliphatic heterocycles. The Morgan fingerprint density at radius 2 is 0.926 bits per heavy atom. The molecular formula is C36H66N8O10. The predicted molar refractivity (Wildman–Crippen MR) is 201 cm³/mol. The van der Waals surface area contributed by atoms with Gasteiger partial charge in [0.1, 0.15) is 36.3 Å². The number of amides is 7. The zero-order chi connectivity index (χ0) is 42.0. The molecule has 18 heteroatoms. The summed E-state index contributed by atoms with van der Waals surface area (Å²) in [6.07, 6.45) is 0.566. The number of carboxylic acids is 1. The van der Waals surface area contributed by atoms with E-state index in [0.29, 0.717) is 0 Å². The Hall–Kier alpha value is -4.32. The first-order chi connectivity index (χ1) is 24.9. The molecule has 11 N–H and O–H groups in total. The molecule has 54 heavy (non-hydrogen) atoms. The molecule has 0 fully saturated rings. The molecule has 0 aliphatic carbocycles. The van der Waals surface area contributed by atoms with Gasteiger partial charge in [-0.1, -0.05) is 69.2 Å². The highest BCUT2D eigenvalue weighted by Crippen LogP contribution is 2.11. The number of hydrogen-bond acceptors (Lipinski definition) is 10. The first-order valence-electron chi connectivity index (χ1n) is 18.6. The van der Waals surface area contributed by atoms with Crippen molar-refractivity contribution in [2.24, 2.45) is 35.3 Å². The number of rotatable bonds is 24. The third-order valence-corrected chi connectivity index (χ3v) is 8.28. The fourth-order valence-corrected chi connectivity index (χ4v) is 5.13. The highest BCUT2D eigenvalue weighted by molar-refractivity contribution is 5.97. The molecule has 0 spiro atoms. The minimum absolute atomic E-state index is 0.00839. The molecule has 0 aromatic heterocycles. The van der Waals surface area contributed by atoms with Crippen LogP contribution in [0.1, 0.15) is 95.4 Å². The van der Waals surface area contributed by atoms with E-state index in [1.165, 1.54) is 6.92 Å². The lowest BCUT2D eigenvalue weighted by molar-refractivity contribution is -0.142. The molecular weight excluding hydrogens is 704 g/mol. The Bertz CT molecular complexity index is 1290. The molecule has 310 valence electrons. The molecule has 0 bridgehead atoms. The molecule has 0 rings (SSSR count). The lowest BCUT2D eigenvalue weighted by Crippen LogP contribution is -2.60. The van der Waals surface area contributed by atoms with Crippen LogP contribution in [0.25, 0.3) is 0 Å². The lowest BCUT2D eigenvalue weighted by atomic mass is 9.99. The first-order valence-corrected chi connectivity index (χ1v) is 18.6. The first kappa shape index (κ1) is 49.7. The predicted octanol–water partition coefficient (Wildman–Crippen LogP) is -1.11. The highest BCUT2D eigenvalue weighted by atomic mass is 16.4. The Morgan fingerprint density at radius 1 is 0.500 bits per heavy atom. The Labute approximate surface area is 319 Å². The van der Waals surface area contributed by atoms with Gasteiger partial charge in [-0.25, -0.2) is 4.79 Å². The minimum Gasteiger partial charge on any atom is -0.480 e. The monoisotopic (exact) mass is 770 g/mol. The normalized spacial score (nSPS) is 15.4. The number of aliphatic hydroxyl groups is 1. The van der Waals surface area contributed by atoms with Crippen molar-refractivity contribution in [1.29, 1.82) is 0 Å². The number of aliphatic carboxylic acids is 1. The zero-order valence-corrected chi connectivity index (χ0v) is 33.7. The van der Waals surface area contributed by atoms with Crippen molar-refractivity contribution >= 4 is 47.3 Å². The fourth-order valence-electron chi connectivity index (χ4n) is 5.13. The fraction of sp³-hybridized carbons (Fsp3) is 0.778. The largest absolute Gasteiger partial charge is 0.480 e. The van der Waals surface area contributed by atoms with Crippen molar-refractivity contribution < 1.29 is 48.6 Å². The molecule has 0 radical (unpaired) electrons. The van der Waals surface area contributed by atoms with E-state index >= 15 is 0 Å². The lowest BCUT2D eigenvalue weighted by Gasteiger charge is -2.28. The quantitative estimate of drug-likeness (QED) is 0.0561. The molecule has 0 aromatic rings. The number of carbonyl (C=O) groups excluding carboxylic acids is 7. The maximum atomic E-state index is 13.4. The van der Waals surface area contributed by atoms with Crippen LogP contribution >= 0.6 is 0 Å². The van der Waals surface area contributed by atoms with Crippen molar-refractivity contribution in [2.45, 2.75) is 138 Å². The van der Waals surface area contributed by atoms with Gasteiger partial charge in [0.25, 0.3) is 0 Å². The number of nitrogens with one attached hydrogen (secondary N) is 7. The summed E-state index contributed by atoms with van der Waals surface area (Å²) in [5.74, 6) is -7.06. The van der Waals surface area contributed by atoms with Crippen LogP contribution in [0.3, 0.4) is 0 Å². The summed E-state index contributed by atoms with van der Waals surface area (Å²) < 4.78 is 0. The minimum atomic E-state index is -1.38. The standard InChI is InChI=1S/C36H66N8O10/c1-17(2)12-23(32(49)42-25(36(53)54)14-19(5)6)40-27(46)15-38-30(47)22(11)39-31(48)24(13-18(3)4)41-35(52)29(21(9)10)44-33(50)26(16-45)43-34(51)28(37)20(7)8/h17-26,28-29,45H,12-16,37H2,1-11H3,(H,38,47)(H,39,48)(H,40,46)(H,41,52)(H,42,49)(H,43,51)(H,44,50)(H,53,54)/t22-,23-,24-,25-,26-,28-,29-/m0/s1. The number of aliphatic hydroxyl groups excluding tert-OH is 1. The van der Waals surface area contributed by atoms with Crippen molar-refractivity contribution in [1.82, 2.24) is 37.2 Å². The molecule has 7 amide bonds. The van der Waals surface area contributed by atoms with Gasteiger partial charge < -0.3 is 53.2 Å². The summed E-state index contributed by atoms with van der Waals surface area (Å²) in [5.41, 5.74) is 5.84. The Balaban J connectivity index is 5.57. The number of nitrogens with two attached hydrogens (primary N) is 1. The highest BCUT2D eigenvalue weighted by Gasteiger charge is 2.33. The van der Waals surface area contributed by atoms with Crippen molar-refractivity contribution in [3.05, 3.63) is 0 Å². The molecule has 0 saturated heterocycles. The van der Waals surface area contributed by atoms with Gasteiger partial charge >= 0.3 is 5.97 Å². The van der Waals surface area contributed by atoms with Gasteiger partial charge in [-0.2, -0.15) is 0 Å². The van der Waals surface area contributed by atoms with Gasteiger partial charge in [-0.05, 0) is 55.8 Å². The van der Waals surface area contributed by atoms with Crippen molar-refractivity contribution in [2.75, 3.05) is 13.2 Å². The Kier molecular flexibility index (Phi) is 22.2. The second-order valence-electron chi connectivity index (χ2n) is 15.7. The second-order valence-corrected chi connectivity index (χ2v) is 15.7. The van der Waals surface area contributed by atoms with Gasteiger partial charge in [0.05, 0.1) is 19.2 Å². The SMILES string of the molecule is CC(C)C[C@H](NC(=O)[C@H](CC(C)C)NC(=O)CNC(=O)[C@H](C)NC(=O)[C@H](CC(C)C)NC(=O)[C@@H](NC(=O)[C@H](CO)NC(=O)[C@@H](N)C(C)C)C(C)C)C(=O)O. The molecule has 0 aromatic carbocycles. The van der Waals surface area contributed by atoms with E-state index in [4.69, 9.17) is 5.73 Å². The van der Waals surface area contributed by atoms with E-state index in [0.717, 1.165) is 0 Å². The molecule has 0 unspecified atom stereocenters. The summed E-state index contributed by atoms with van der Waals surface area (Å²) in [6.45, 7) is 17.8. The average molecular weight is 771 g/mol. The number of carboxylic acid groups (broad SMARTS) is 1. The van der Waals surface area contributed by atoms with E-state index in [1.807, 2.05) is 41.5 Å². The third-order valence-electron chi connectivity index (χ3n) is 8.28. The molecule has 0 saturated carbocycles. The zero-order valence-electron chi connectivity index (χ0n) is 33.7. The van der Waals surface area contributed by atoms with Gasteiger partial charge in [0.15, 0.2) is 0 Å². The van der Waals surface area contributed by atoms with E-state index in [-0.39, 0.29) is 42.9 Å². The second kappa shape index (κ2) is 24.2. The topological polar surface area (TPSA) is 287 Å². The Morgan fingerprint density at radius 3 is 1.37 bits per heavy atom. The van der Waals surface area contributed by atoms with Crippen LogP contribution in [0.4, 0.5) is 0 Å². The van der Waals surface area contributed by atoms with E-state index in [1.54, 1.807) is 27.7 Å². The van der Waals surface area contributed by atoms with Crippen LogP contribution in [0.5, 0.6) is 0 Å². The number of carbonyl (C=O) groups is 8. The van der Waals surface area contributed by atoms with Crippen LogP contribution in [-0.4, -0.2) is 113 Å². The van der Waals surface area contributed by atoms with Crippen LogP contribution in [0.2, 0.25) is 0 Å². The summed E-state index contributed by atoms with van der Waals surface area (Å²) in [6, 6.07) is -7.97. The molecule has 7 atom stereocenters. The van der Waals surface area contributed by atoms with Crippen LogP contribution in [0, 0.1) is 29.6 Å². The van der Waals surface area contributed by atoms with Crippen LogP contribution < -0.4 is 43.0 Å². The average Bonchev–Trinajstić information content (AvgIpc) is 3.05. The third kappa shape index (κ3) is 18.6. The van der Waals surface area contributed by atoms with E-state index in [2.05, 4.69) is 37.2 Å². The summed E-state index contributed by atoms with van der Waals surface area (Å²) >= 11 is 0. The van der Waals surface area contributed by atoms with Gasteiger partial charge in [-0.15, -0.1) is 0 Å². The van der Waals surface area contributed by atoms with Crippen molar-refractivity contribution in [3.63, 3.8) is 0 Å². The smallest absolute Gasteiger partial charge is 0.326 e. The maximum Gasteiger partial charge on any atom is 0.326 e. The molecule has 18 nitrogen and oxygen atoms in total. The summed E-state index contributed by atoms with van der Waals surface area (Å²) in [7, 11) is 0. The van der Waals surface area contributed by atoms with Crippen LogP contribution in [0.15, 0.2) is 0 Å². The van der Waals surface area contributed by atoms with Gasteiger partial charge in [-0.3, -0.25) is 33.6 Å². The van der Waals surface area contributed by atoms with E-state index in [9.17, 15) is 48.6 Å². The molecule has 0 heterocycles. The maximum absolute atomic E-state index is 13.4. The summed E-state index contributed by atoms with van der Waals surface area (Å²) in [5, 5.41) is 36.8. The number of hydrogen-bond donors (Lipinski definition) is 10. The van der Waals surface area contributed by atoms with Crippen molar-refractivity contribution in [3.8, 4) is 0 Å². The van der Waals surface area contributed by atoms with Gasteiger partial charge in [0.2, 0.25) is 41.4 Å². The molecule has 0 aliphatic rings. The van der Waals surface area contributed by atoms with Crippen LogP contribution in [-0.2, 0) is 38.4 Å². The van der Waals surface area contributed by atoms with Gasteiger partial charge in [0, 0.05) is 0 Å².